The highest BCUT2D eigenvalue weighted by Gasteiger charge is 2.32. The number of nitrogens with zero attached hydrogens (tertiary/aromatic N) is 2. The van der Waals surface area contributed by atoms with Crippen LogP contribution < -0.4 is 5.73 Å². The van der Waals surface area contributed by atoms with Gasteiger partial charge in [0, 0.05) is 17.7 Å². The summed E-state index contributed by atoms with van der Waals surface area (Å²) in [4.78, 5) is 24.8. The van der Waals surface area contributed by atoms with Gasteiger partial charge in [-0.15, -0.1) is 0 Å². The number of piperidine rings is 1. The second-order valence-electron chi connectivity index (χ2n) is 4.38. The van der Waals surface area contributed by atoms with Crippen molar-refractivity contribution < 1.29 is 9.59 Å². The van der Waals surface area contributed by atoms with Gasteiger partial charge in [-0.3, -0.25) is 19.6 Å². The molecule has 2 rings (SSSR count). The number of carbonyl (C=O) groups excluding carboxylic acids is 2. The first kappa shape index (κ1) is 11.8. The fourth-order valence-corrected chi connectivity index (χ4v) is 1.99. The van der Waals surface area contributed by atoms with Gasteiger partial charge in [0.1, 0.15) is 0 Å². The van der Waals surface area contributed by atoms with Crippen LogP contribution in [0.1, 0.15) is 29.8 Å². The average Bonchev–Trinajstić information content (AvgIpc) is 2.60. The first-order chi connectivity index (χ1) is 8.00. The number of aromatic amines is 1. The summed E-state index contributed by atoms with van der Waals surface area (Å²) in [7, 11) is 0. The summed E-state index contributed by atoms with van der Waals surface area (Å²) in [6.45, 7) is 3.98. The van der Waals surface area contributed by atoms with E-state index in [-0.39, 0.29) is 18.4 Å². The van der Waals surface area contributed by atoms with Crippen molar-refractivity contribution in [3.63, 3.8) is 0 Å². The molecule has 0 spiro atoms. The molecule has 1 aliphatic rings. The summed E-state index contributed by atoms with van der Waals surface area (Å²) in [5.41, 5.74) is 8.24. The molecule has 1 aromatic heterocycles. The van der Waals surface area contributed by atoms with E-state index in [2.05, 4.69) is 10.2 Å². The number of likely N-dealkylation sites (tertiary alicyclic amines) is 1. The van der Waals surface area contributed by atoms with Crippen molar-refractivity contribution in [1.29, 1.82) is 0 Å². The van der Waals surface area contributed by atoms with Gasteiger partial charge in [-0.05, 0) is 20.3 Å². The van der Waals surface area contributed by atoms with Crippen molar-refractivity contribution in [3.05, 3.63) is 17.0 Å². The number of H-pyrrole nitrogens is 1. The molecule has 3 N–H and O–H groups in total. The number of amides is 2. The highest BCUT2D eigenvalue weighted by Crippen LogP contribution is 2.18. The van der Waals surface area contributed by atoms with E-state index in [9.17, 15) is 9.59 Å². The van der Waals surface area contributed by atoms with Crippen LogP contribution in [0.3, 0.4) is 0 Å². The largest absolute Gasteiger partial charge is 0.320 e. The molecule has 1 saturated heterocycles. The van der Waals surface area contributed by atoms with Gasteiger partial charge in [0.25, 0.3) is 0 Å². The van der Waals surface area contributed by atoms with Crippen LogP contribution >= 0.6 is 0 Å². The van der Waals surface area contributed by atoms with Gasteiger partial charge < -0.3 is 5.73 Å². The number of carbonyl (C=O) groups is 2. The number of aryl methyl sites for hydroxylation is 2. The van der Waals surface area contributed by atoms with Crippen LogP contribution in [0, 0.1) is 13.8 Å². The third kappa shape index (κ3) is 2.08. The summed E-state index contributed by atoms with van der Waals surface area (Å²) in [6, 6.07) is -0.555. The summed E-state index contributed by atoms with van der Waals surface area (Å²) in [5, 5.41) is 6.88. The predicted molar refractivity (Wildman–Crippen MR) is 60.8 cm³/mol. The van der Waals surface area contributed by atoms with E-state index in [1.165, 1.54) is 4.90 Å². The second-order valence-corrected chi connectivity index (χ2v) is 4.38. The molecule has 0 radical (unpaired) electrons. The van der Waals surface area contributed by atoms with Gasteiger partial charge in [-0.1, -0.05) is 0 Å². The molecule has 92 valence electrons. The van der Waals surface area contributed by atoms with Crippen molar-refractivity contribution in [2.24, 2.45) is 5.73 Å². The molecule has 2 heterocycles. The Morgan fingerprint density at radius 2 is 2.18 bits per heavy atom. The summed E-state index contributed by atoms with van der Waals surface area (Å²) in [6.07, 6.45) is 0.778. The Labute approximate surface area is 99.2 Å². The molecule has 6 nitrogen and oxygen atoms in total. The van der Waals surface area contributed by atoms with E-state index >= 15 is 0 Å². The maximum atomic E-state index is 11.8. The SMILES string of the molecule is Cc1n[nH]c(C)c1CN1C(=O)CC[C@H](N)C1=O. The van der Waals surface area contributed by atoms with E-state index in [1.807, 2.05) is 13.8 Å². The molecule has 0 aromatic carbocycles. The molecule has 1 aliphatic heterocycles. The van der Waals surface area contributed by atoms with Crippen LogP contribution in [0.25, 0.3) is 0 Å². The first-order valence-corrected chi connectivity index (χ1v) is 5.61. The number of nitrogens with two attached hydrogens (primary N) is 1. The Hall–Kier alpha value is -1.69. The van der Waals surface area contributed by atoms with E-state index in [0.29, 0.717) is 12.8 Å². The molecule has 1 atom stereocenters. The van der Waals surface area contributed by atoms with Crippen LogP contribution in [-0.4, -0.2) is 33.0 Å². The zero-order valence-electron chi connectivity index (χ0n) is 9.99. The lowest BCUT2D eigenvalue weighted by Gasteiger charge is -2.28. The van der Waals surface area contributed by atoms with Crippen molar-refractivity contribution in [1.82, 2.24) is 15.1 Å². The lowest BCUT2D eigenvalue weighted by atomic mass is 10.0. The molecule has 17 heavy (non-hydrogen) atoms. The van der Waals surface area contributed by atoms with Crippen molar-refractivity contribution in [3.8, 4) is 0 Å². The van der Waals surface area contributed by atoms with Gasteiger partial charge in [0.2, 0.25) is 11.8 Å². The first-order valence-electron chi connectivity index (χ1n) is 5.61. The topological polar surface area (TPSA) is 92.1 Å². The van der Waals surface area contributed by atoms with E-state index in [4.69, 9.17) is 5.73 Å². The molecule has 0 unspecified atom stereocenters. The molecular formula is C11H16N4O2. The zero-order valence-corrected chi connectivity index (χ0v) is 9.99. The molecule has 0 bridgehead atoms. The third-order valence-corrected chi connectivity index (χ3v) is 3.15. The number of rotatable bonds is 2. The smallest absolute Gasteiger partial charge is 0.246 e. The van der Waals surface area contributed by atoms with Gasteiger partial charge in [0.05, 0.1) is 18.3 Å². The number of hydrogen-bond donors (Lipinski definition) is 2. The van der Waals surface area contributed by atoms with Crippen molar-refractivity contribution >= 4 is 11.8 Å². The number of nitrogens with one attached hydrogen (secondary N) is 1. The Morgan fingerprint density at radius 3 is 2.76 bits per heavy atom. The molecule has 6 heteroatoms. The monoisotopic (exact) mass is 236 g/mol. The van der Waals surface area contributed by atoms with Gasteiger partial charge in [-0.25, -0.2) is 0 Å². The van der Waals surface area contributed by atoms with Crippen LogP contribution in [0.2, 0.25) is 0 Å². The van der Waals surface area contributed by atoms with Crippen molar-refractivity contribution in [2.45, 2.75) is 39.3 Å². The fraction of sp³-hybridized carbons (Fsp3) is 0.545. The third-order valence-electron chi connectivity index (χ3n) is 3.15. The molecular weight excluding hydrogens is 220 g/mol. The van der Waals surface area contributed by atoms with Crippen LogP contribution in [0.5, 0.6) is 0 Å². The van der Waals surface area contributed by atoms with E-state index < -0.39 is 6.04 Å². The number of imide groups is 1. The van der Waals surface area contributed by atoms with E-state index in [0.717, 1.165) is 17.0 Å². The summed E-state index contributed by atoms with van der Waals surface area (Å²) < 4.78 is 0. The predicted octanol–water partition coefficient (Wildman–Crippen LogP) is 0.00284. The molecule has 1 fully saturated rings. The Morgan fingerprint density at radius 1 is 1.47 bits per heavy atom. The van der Waals surface area contributed by atoms with Gasteiger partial charge in [-0.2, -0.15) is 5.10 Å². The van der Waals surface area contributed by atoms with Crippen LogP contribution in [0.4, 0.5) is 0 Å². The van der Waals surface area contributed by atoms with Gasteiger partial charge in [0.15, 0.2) is 0 Å². The van der Waals surface area contributed by atoms with Gasteiger partial charge >= 0.3 is 0 Å². The molecule has 0 saturated carbocycles. The minimum absolute atomic E-state index is 0.156. The van der Waals surface area contributed by atoms with Crippen LogP contribution in [0.15, 0.2) is 0 Å². The van der Waals surface area contributed by atoms with Crippen molar-refractivity contribution in [2.75, 3.05) is 0 Å². The second kappa shape index (κ2) is 4.29. The highest BCUT2D eigenvalue weighted by atomic mass is 16.2. The minimum atomic E-state index is -0.555. The maximum Gasteiger partial charge on any atom is 0.246 e. The normalized spacial score (nSPS) is 21.1. The lowest BCUT2D eigenvalue weighted by molar-refractivity contribution is -0.149. The zero-order chi connectivity index (χ0) is 12.6. The lowest BCUT2D eigenvalue weighted by Crippen LogP contribution is -2.50. The number of hydrogen-bond acceptors (Lipinski definition) is 4. The Bertz CT molecular complexity index is 447. The standard InChI is InChI=1S/C11H16N4O2/c1-6-8(7(2)14-13-6)5-15-10(16)4-3-9(12)11(15)17/h9H,3-5,12H2,1-2H3,(H,13,14)/t9-/m0/s1. The molecule has 1 aromatic rings. The molecule has 0 aliphatic carbocycles. The van der Waals surface area contributed by atoms with Crippen LogP contribution in [-0.2, 0) is 16.1 Å². The number of aromatic nitrogens is 2. The minimum Gasteiger partial charge on any atom is -0.320 e. The summed E-state index contributed by atoms with van der Waals surface area (Å²) >= 11 is 0. The average molecular weight is 236 g/mol. The quantitative estimate of drug-likeness (QED) is 0.707. The Kier molecular flexibility index (Phi) is 2.97. The maximum absolute atomic E-state index is 11.8. The Balaban J connectivity index is 2.22. The molecule has 2 amide bonds. The fourth-order valence-electron chi connectivity index (χ4n) is 1.99. The summed E-state index contributed by atoms with van der Waals surface area (Å²) in [5.74, 6) is -0.446. The highest BCUT2D eigenvalue weighted by molar-refractivity contribution is 6.00. The van der Waals surface area contributed by atoms with E-state index in [1.54, 1.807) is 0 Å².